The van der Waals surface area contributed by atoms with Gasteiger partial charge in [0.15, 0.2) is 0 Å². The maximum Gasteiger partial charge on any atom is 0.217 e. The van der Waals surface area contributed by atoms with Gasteiger partial charge in [-0.05, 0) is 34.6 Å². The molecule has 1 atom stereocenters. The van der Waals surface area contributed by atoms with Crippen LogP contribution in [0.15, 0.2) is 0 Å². The third-order valence-corrected chi connectivity index (χ3v) is 4.61. The van der Waals surface area contributed by atoms with Crippen LogP contribution in [-0.2, 0) is 10.0 Å². The summed E-state index contributed by atoms with van der Waals surface area (Å²) < 4.78 is 24.9. The van der Waals surface area contributed by atoms with Crippen molar-refractivity contribution in [1.82, 2.24) is 4.72 Å². The monoisotopic (exact) mass is 238 g/mol. The second kappa shape index (κ2) is 4.37. The van der Waals surface area contributed by atoms with Crippen molar-refractivity contribution in [3.63, 3.8) is 0 Å². The maximum atomic E-state index is 11.8. The zero-order valence-electron chi connectivity index (χ0n) is 9.83. The standard InChI is InChI=1S/C9H20NO4S/c1-7(12)9(5,6-11)10-15(13,14)8(2,3)4/h10-12H,6H2,1-5H3. The van der Waals surface area contributed by atoms with E-state index in [1.54, 1.807) is 20.8 Å². The molecule has 0 aromatic heterocycles. The molecule has 0 amide bonds. The molecule has 0 bridgehead atoms. The smallest absolute Gasteiger partial charge is 0.217 e. The van der Waals surface area contributed by atoms with Gasteiger partial charge in [0.05, 0.1) is 16.9 Å². The zero-order chi connectivity index (χ0) is 12.5. The second-order valence-electron chi connectivity index (χ2n) is 4.79. The van der Waals surface area contributed by atoms with Crippen LogP contribution in [-0.4, -0.2) is 35.5 Å². The summed E-state index contributed by atoms with van der Waals surface area (Å²) in [5.41, 5.74) is -1.33. The summed E-state index contributed by atoms with van der Waals surface area (Å²) in [4.78, 5) is 0. The van der Waals surface area contributed by atoms with Crippen LogP contribution in [0.4, 0.5) is 0 Å². The molecular formula is C9H20NO4S. The van der Waals surface area contributed by atoms with E-state index in [0.29, 0.717) is 0 Å². The molecule has 0 saturated carbocycles. The largest absolute Gasteiger partial charge is 0.394 e. The minimum absolute atomic E-state index is 0.169. The predicted molar refractivity (Wildman–Crippen MR) is 58.2 cm³/mol. The van der Waals surface area contributed by atoms with E-state index in [4.69, 9.17) is 5.11 Å². The van der Waals surface area contributed by atoms with E-state index in [-0.39, 0.29) is 6.10 Å². The highest BCUT2D eigenvalue weighted by Crippen LogP contribution is 2.21. The first-order chi connectivity index (χ1) is 6.46. The highest BCUT2D eigenvalue weighted by atomic mass is 32.2. The van der Waals surface area contributed by atoms with Gasteiger partial charge in [-0.15, -0.1) is 0 Å². The molecule has 0 aromatic carbocycles. The van der Waals surface area contributed by atoms with Gasteiger partial charge < -0.3 is 10.2 Å². The summed E-state index contributed by atoms with van der Waals surface area (Å²) in [5, 5.41) is 18.4. The van der Waals surface area contributed by atoms with Crippen LogP contribution < -0.4 is 4.72 Å². The molecule has 1 radical (unpaired) electrons. The number of rotatable bonds is 4. The maximum absolute atomic E-state index is 11.8. The Morgan fingerprint density at radius 3 is 1.87 bits per heavy atom. The number of aliphatic hydroxyl groups is 2. The first-order valence-electron chi connectivity index (χ1n) is 4.63. The molecule has 0 aliphatic carbocycles. The van der Waals surface area contributed by atoms with E-state index in [0.717, 1.165) is 0 Å². The summed E-state index contributed by atoms with van der Waals surface area (Å²) in [7, 11) is -3.60. The average Bonchev–Trinajstić information content (AvgIpc) is 2.00. The van der Waals surface area contributed by atoms with E-state index in [1.807, 2.05) is 0 Å². The van der Waals surface area contributed by atoms with Crippen LogP contribution in [0.2, 0.25) is 0 Å². The van der Waals surface area contributed by atoms with Crippen LogP contribution in [0.5, 0.6) is 0 Å². The summed E-state index contributed by atoms with van der Waals surface area (Å²) in [6.07, 6.45) is -0.169. The van der Waals surface area contributed by atoms with Gasteiger partial charge in [0.2, 0.25) is 10.0 Å². The van der Waals surface area contributed by atoms with Crippen LogP contribution >= 0.6 is 0 Å². The Kier molecular flexibility index (Phi) is 4.32. The Morgan fingerprint density at radius 2 is 1.67 bits per heavy atom. The Bertz CT molecular complexity index is 305. The minimum Gasteiger partial charge on any atom is -0.394 e. The highest BCUT2D eigenvalue weighted by Gasteiger charge is 2.39. The van der Waals surface area contributed by atoms with E-state index in [9.17, 15) is 13.5 Å². The lowest BCUT2D eigenvalue weighted by atomic mass is 9.99. The lowest BCUT2D eigenvalue weighted by Crippen LogP contribution is -2.56. The van der Waals surface area contributed by atoms with Gasteiger partial charge >= 0.3 is 0 Å². The zero-order valence-corrected chi connectivity index (χ0v) is 10.6. The van der Waals surface area contributed by atoms with Crippen LogP contribution in [0.1, 0.15) is 34.6 Å². The molecule has 6 heteroatoms. The molecule has 3 N–H and O–H groups in total. The van der Waals surface area contributed by atoms with E-state index >= 15 is 0 Å². The van der Waals surface area contributed by atoms with Gasteiger partial charge in [-0.25, -0.2) is 13.1 Å². The first-order valence-corrected chi connectivity index (χ1v) is 6.12. The lowest BCUT2D eigenvalue weighted by molar-refractivity contribution is 0.129. The Morgan fingerprint density at radius 1 is 1.27 bits per heavy atom. The van der Waals surface area contributed by atoms with Crippen molar-refractivity contribution < 1.29 is 18.6 Å². The first kappa shape index (κ1) is 14.8. The predicted octanol–water partition coefficient (Wildman–Crippen LogP) is 0.380. The highest BCUT2D eigenvalue weighted by molar-refractivity contribution is 7.90. The summed E-state index contributed by atoms with van der Waals surface area (Å²) >= 11 is 0. The summed E-state index contributed by atoms with van der Waals surface area (Å²) in [5.74, 6) is 0. The number of aliphatic hydroxyl groups excluding tert-OH is 2. The fourth-order valence-electron chi connectivity index (χ4n) is 0.670. The van der Waals surface area contributed by atoms with Crippen molar-refractivity contribution in [2.24, 2.45) is 0 Å². The molecule has 1 unspecified atom stereocenters. The number of hydrogen-bond donors (Lipinski definition) is 3. The molecule has 0 rings (SSSR count). The quantitative estimate of drug-likeness (QED) is 0.661. The molecule has 0 saturated heterocycles. The SMILES string of the molecule is C[C](O)C(C)(CO)NS(=O)(=O)C(C)(C)C. The average molecular weight is 238 g/mol. The van der Waals surface area contributed by atoms with E-state index < -0.39 is 26.9 Å². The van der Waals surface area contributed by atoms with Crippen LogP contribution in [0.3, 0.4) is 0 Å². The molecule has 0 fully saturated rings. The topological polar surface area (TPSA) is 86.6 Å². The van der Waals surface area contributed by atoms with E-state index in [1.165, 1.54) is 13.8 Å². The minimum atomic E-state index is -3.60. The van der Waals surface area contributed by atoms with Crippen molar-refractivity contribution in [3.05, 3.63) is 6.10 Å². The Labute approximate surface area is 91.6 Å². The van der Waals surface area contributed by atoms with Gasteiger partial charge in [0, 0.05) is 0 Å². The fourth-order valence-corrected chi connectivity index (χ4v) is 1.78. The van der Waals surface area contributed by atoms with Crippen molar-refractivity contribution >= 4 is 10.0 Å². The molecule has 0 spiro atoms. The molecule has 0 aliphatic heterocycles. The van der Waals surface area contributed by atoms with Gasteiger partial charge in [-0.1, -0.05) is 0 Å². The molecule has 5 nitrogen and oxygen atoms in total. The van der Waals surface area contributed by atoms with Crippen LogP contribution in [0, 0.1) is 6.10 Å². The van der Waals surface area contributed by atoms with Crippen molar-refractivity contribution in [2.45, 2.75) is 44.9 Å². The van der Waals surface area contributed by atoms with E-state index in [2.05, 4.69) is 4.72 Å². The molecule has 0 aromatic rings. The van der Waals surface area contributed by atoms with Gasteiger partial charge in [0.25, 0.3) is 0 Å². The van der Waals surface area contributed by atoms with Crippen molar-refractivity contribution in [2.75, 3.05) is 6.61 Å². The molecule has 0 aliphatic rings. The second-order valence-corrected chi connectivity index (χ2v) is 7.23. The number of nitrogens with one attached hydrogen (secondary N) is 1. The molecule has 15 heavy (non-hydrogen) atoms. The third-order valence-electron chi connectivity index (χ3n) is 2.28. The Balaban J connectivity index is 5.03. The molecule has 0 heterocycles. The van der Waals surface area contributed by atoms with Crippen LogP contribution in [0.25, 0.3) is 0 Å². The lowest BCUT2D eigenvalue weighted by Gasteiger charge is -2.33. The summed E-state index contributed by atoms with van der Waals surface area (Å²) in [6, 6.07) is 0. The van der Waals surface area contributed by atoms with Gasteiger partial charge in [-0.2, -0.15) is 0 Å². The Hall–Kier alpha value is -0.170. The fraction of sp³-hybridized carbons (Fsp3) is 0.889. The van der Waals surface area contributed by atoms with Crippen molar-refractivity contribution in [1.29, 1.82) is 0 Å². The third kappa shape index (κ3) is 3.41. The number of hydrogen-bond acceptors (Lipinski definition) is 4. The van der Waals surface area contributed by atoms with Gasteiger partial charge in [-0.3, -0.25) is 0 Å². The molecule has 91 valence electrons. The molecular weight excluding hydrogens is 218 g/mol. The van der Waals surface area contributed by atoms with Crippen molar-refractivity contribution in [3.8, 4) is 0 Å². The normalized spacial score (nSPS) is 17.9. The van der Waals surface area contributed by atoms with Gasteiger partial charge in [0.1, 0.15) is 6.10 Å². The summed E-state index contributed by atoms with van der Waals surface area (Å²) in [6.45, 7) is 6.90. The number of sulfonamides is 1.